The largest absolute Gasteiger partial charge is 0.495 e. The van der Waals surface area contributed by atoms with Crippen LogP contribution < -0.4 is 14.8 Å². The van der Waals surface area contributed by atoms with Gasteiger partial charge in [0.15, 0.2) is 0 Å². The first-order valence-corrected chi connectivity index (χ1v) is 8.47. The van der Waals surface area contributed by atoms with Gasteiger partial charge in [-0.05, 0) is 38.1 Å². The molecule has 1 aromatic rings. The van der Waals surface area contributed by atoms with Crippen LogP contribution in [0.25, 0.3) is 0 Å². The third-order valence-electron chi connectivity index (χ3n) is 3.50. The van der Waals surface area contributed by atoms with Crippen molar-refractivity contribution in [3.63, 3.8) is 0 Å². The van der Waals surface area contributed by atoms with E-state index in [0.29, 0.717) is 13.2 Å². The van der Waals surface area contributed by atoms with Crippen molar-refractivity contribution in [1.29, 1.82) is 0 Å². The monoisotopic (exact) mass is 328 g/mol. The van der Waals surface area contributed by atoms with Crippen molar-refractivity contribution in [2.24, 2.45) is 0 Å². The number of rotatable bonds is 6. The molecule has 1 saturated heterocycles. The lowest BCUT2D eigenvalue weighted by Crippen LogP contribution is -2.32. The molecule has 1 atom stereocenters. The topological polar surface area (TPSA) is 93.7 Å². The van der Waals surface area contributed by atoms with Crippen LogP contribution in [0, 0.1) is 0 Å². The summed E-state index contributed by atoms with van der Waals surface area (Å²) in [6.45, 7) is 1.13. The van der Waals surface area contributed by atoms with Crippen LogP contribution in [0.5, 0.6) is 5.75 Å². The molecule has 1 fully saturated rings. The molecular weight excluding hydrogens is 308 g/mol. The molecule has 0 aromatic heterocycles. The Morgan fingerprint density at radius 2 is 2.23 bits per heavy atom. The summed E-state index contributed by atoms with van der Waals surface area (Å²) in [6, 6.07) is 4.29. The first kappa shape index (κ1) is 16.7. The van der Waals surface area contributed by atoms with E-state index >= 15 is 0 Å². The van der Waals surface area contributed by atoms with Gasteiger partial charge >= 0.3 is 0 Å². The molecule has 2 rings (SSSR count). The van der Waals surface area contributed by atoms with Gasteiger partial charge in [0.25, 0.3) is 5.91 Å². The van der Waals surface area contributed by atoms with Crippen LogP contribution in [-0.4, -0.2) is 47.7 Å². The fourth-order valence-corrected chi connectivity index (χ4v) is 3.17. The number of carbonyl (C=O) groups excluding carboxylic acids is 1. The summed E-state index contributed by atoms with van der Waals surface area (Å²) in [4.78, 5) is 12.1. The van der Waals surface area contributed by atoms with Gasteiger partial charge in [-0.15, -0.1) is 0 Å². The highest BCUT2D eigenvalue weighted by molar-refractivity contribution is 7.89. The van der Waals surface area contributed by atoms with Gasteiger partial charge in [0.2, 0.25) is 10.0 Å². The van der Waals surface area contributed by atoms with E-state index in [9.17, 15) is 13.2 Å². The SMILES string of the molecule is CNS(=O)(=O)c1cc(C(=O)NC[C@@H]2CCCO2)ccc1OC. The van der Waals surface area contributed by atoms with E-state index in [1.165, 1.54) is 32.4 Å². The van der Waals surface area contributed by atoms with E-state index in [1.54, 1.807) is 0 Å². The Kier molecular flexibility index (Phi) is 5.38. The molecule has 0 unspecified atom stereocenters. The van der Waals surface area contributed by atoms with Gasteiger partial charge < -0.3 is 14.8 Å². The molecule has 122 valence electrons. The summed E-state index contributed by atoms with van der Waals surface area (Å²) in [5, 5.41) is 2.76. The minimum atomic E-state index is -3.71. The Bertz CT molecular complexity index is 639. The Labute approximate surface area is 130 Å². The van der Waals surface area contributed by atoms with Crippen LogP contribution in [0.4, 0.5) is 0 Å². The summed E-state index contributed by atoms with van der Waals surface area (Å²) in [5.74, 6) is -0.157. The Hall–Kier alpha value is -1.64. The molecule has 0 radical (unpaired) electrons. The van der Waals surface area contributed by atoms with Crippen LogP contribution >= 0.6 is 0 Å². The van der Waals surface area contributed by atoms with Gasteiger partial charge in [-0.25, -0.2) is 13.1 Å². The van der Waals surface area contributed by atoms with Crippen LogP contribution in [0.1, 0.15) is 23.2 Å². The van der Waals surface area contributed by atoms with Gasteiger partial charge in [-0.1, -0.05) is 0 Å². The van der Waals surface area contributed by atoms with Crippen molar-refractivity contribution in [3.8, 4) is 5.75 Å². The summed E-state index contributed by atoms with van der Waals surface area (Å²) in [6.07, 6.45) is 1.94. The molecule has 1 heterocycles. The van der Waals surface area contributed by atoms with Crippen LogP contribution in [0.2, 0.25) is 0 Å². The van der Waals surface area contributed by atoms with Gasteiger partial charge in [0.05, 0.1) is 13.2 Å². The number of hydrogen-bond acceptors (Lipinski definition) is 5. The average Bonchev–Trinajstić information content (AvgIpc) is 3.05. The van der Waals surface area contributed by atoms with Gasteiger partial charge in [0.1, 0.15) is 10.6 Å². The molecule has 1 aliphatic heterocycles. The van der Waals surface area contributed by atoms with Crippen molar-refractivity contribution >= 4 is 15.9 Å². The third-order valence-corrected chi connectivity index (χ3v) is 4.93. The minimum Gasteiger partial charge on any atom is -0.495 e. The van der Waals surface area contributed by atoms with E-state index in [4.69, 9.17) is 9.47 Å². The predicted molar refractivity (Wildman–Crippen MR) is 80.5 cm³/mol. The molecule has 0 spiro atoms. The second-order valence-electron chi connectivity index (χ2n) is 4.92. The number of methoxy groups -OCH3 is 1. The number of carbonyl (C=O) groups is 1. The van der Waals surface area contributed by atoms with E-state index in [0.717, 1.165) is 12.8 Å². The van der Waals surface area contributed by atoms with E-state index in [1.807, 2.05) is 0 Å². The highest BCUT2D eigenvalue weighted by Crippen LogP contribution is 2.24. The van der Waals surface area contributed by atoms with Crippen LogP contribution in [-0.2, 0) is 14.8 Å². The smallest absolute Gasteiger partial charge is 0.251 e. The Morgan fingerprint density at radius 1 is 1.45 bits per heavy atom. The molecule has 0 saturated carbocycles. The zero-order valence-electron chi connectivity index (χ0n) is 12.6. The van der Waals surface area contributed by atoms with E-state index in [2.05, 4.69) is 10.0 Å². The normalized spacial score (nSPS) is 18.2. The Balaban J connectivity index is 2.17. The fraction of sp³-hybridized carbons (Fsp3) is 0.500. The molecule has 0 aliphatic carbocycles. The highest BCUT2D eigenvalue weighted by atomic mass is 32.2. The van der Waals surface area contributed by atoms with Crippen LogP contribution in [0.3, 0.4) is 0 Å². The van der Waals surface area contributed by atoms with Crippen molar-refractivity contribution in [2.45, 2.75) is 23.8 Å². The van der Waals surface area contributed by atoms with Crippen molar-refractivity contribution in [1.82, 2.24) is 10.0 Å². The number of nitrogens with one attached hydrogen (secondary N) is 2. The first-order chi connectivity index (χ1) is 10.5. The summed E-state index contributed by atoms with van der Waals surface area (Å²) in [7, 11) is -1.03. The molecule has 2 N–H and O–H groups in total. The lowest BCUT2D eigenvalue weighted by atomic mass is 10.2. The molecule has 7 nitrogen and oxygen atoms in total. The standard InChI is InChI=1S/C14H20N2O5S/c1-15-22(18,19)13-8-10(5-6-12(13)20-2)14(17)16-9-11-4-3-7-21-11/h5-6,8,11,15H,3-4,7,9H2,1-2H3,(H,16,17)/t11-/m0/s1. The lowest BCUT2D eigenvalue weighted by molar-refractivity contribution is 0.0857. The second kappa shape index (κ2) is 7.08. The summed E-state index contributed by atoms with van der Waals surface area (Å²) < 4.78 is 36.6. The Morgan fingerprint density at radius 3 is 2.82 bits per heavy atom. The van der Waals surface area contributed by atoms with Crippen molar-refractivity contribution < 1.29 is 22.7 Å². The predicted octanol–water partition coefficient (Wildman–Crippen LogP) is 0.512. The number of ether oxygens (including phenoxy) is 2. The summed E-state index contributed by atoms with van der Waals surface area (Å²) in [5.41, 5.74) is 0.257. The lowest BCUT2D eigenvalue weighted by Gasteiger charge is -2.13. The molecule has 22 heavy (non-hydrogen) atoms. The minimum absolute atomic E-state index is 0.0303. The molecule has 1 aliphatic rings. The van der Waals surface area contributed by atoms with Gasteiger partial charge in [0, 0.05) is 18.7 Å². The number of amides is 1. The molecule has 0 bridgehead atoms. The quantitative estimate of drug-likeness (QED) is 0.794. The highest BCUT2D eigenvalue weighted by Gasteiger charge is 2.21. The zero-order valence-corrected chi connectivity index (χ0v) is 13.4. The van der Waals surface area contributed by atoms with Gasteiger partial charge in [-0.3, -0.25) is 4.79 Å². The van der Waals surface area contributed by atoms with Crippen LogP contribution in [0.15, 0.2) is 23.1 Å². The fourth-order valence-electron chi connectivity index (χ4n) is 2.25. The zero-order chi connectivity index (χ0) is 16.2. The molecular formula is C14H20N2O5S. The van der Waals surface area contributed by atoms with Crippen molar-refractivity contribution in [3.05, 3.63) is 23.8 Å². The summed E-state index contributed by atoms with van der Waals surface area (Å²) >= 11 is 0. The first-order valence-electron chi connectivity index (χ1n) is 6.99. The maximum Gasteiger partial charge on any atom is 0.251 e. The molecule has 1 amide bonds. The maximum atomic E-state index is 12.1. The van der Waals surface area contributed by atoms with Crippen molar-refractivity contribution in [2.75, 3.05) is 27.3 Å². The van der Waals surface area contributed by atoms with E-state index in [-0.39, 0.29) is 28.2 Å². The number of benzene rings is 1. The third kappa shape index (κ3) is 3.76. The average molecular weight is 328 g/mol. The number of sulfonamides is 1. The second-order valence-corrected chi connectivity index (χ2v) is 6.77. The van der Waals surface area contributed by atoms with Gasteiger partial charge in [-0.2, -0.15) is 0 Å². The molecule has 1 aromatic carbocycles. The maximum absolute atomic E-state index is 12.1. The van der Waals surface area contributed by atoms with E-state index < -0.39 is 10.0 Å². The molecule has 8 heteroatoms. The number of hydrogen-bond donors (Lipinski definition) is 2.